The number of hydrogen-bond donors (Lipinski definition) is 1. The van der Waals surface area contributed by atoms with E-state index in [2.05, 4.69) is 10.3 Å². The van der Waals surface area contributed by atoms with Gasteiger partial charge in [-0.15, -0.1) is 0 Å². The highest BCUT2D eigenvalue weighted by molar-refractivity contribution is 6.01. The first-order valence-corrected chi connectivity index (χ1v) is 6.87. The van der Waals surface area contributed by atoms with Crippen LogP contribution < -0.4 is 5.32 Å². The quantitative estimate of drug-likeness (QED) is 0.935. The van der Waals surface area contributed by atoms with Gasteiger partial charge in [0.05, 0.1) is 17.9 Å². The smallest absolute Gasteiger partial charge is 0.257 e. The first kappa shape index (κ1) is 13.6. The number of carbonyl (C=O) groups is 1. The van der Waals surface area contributed by atoms with E-state index in [9.17, 15) is 4.79 Å². The molecule has 2 aromatic rings. The van der Waals surface area contributed by atoms with Gasteiger partial charge in [-0.05, 0) is 24.3 Å². The van der Waals surface area contributed by atoms with E-state index < -0.39 is 0 Å². The molecule has 1 unspecified atom stereocenters. The summed E-state index contributed by atoms with van der Waals surface area (Å²) in [6.07, 6.45) is 1.46. The number of rotatable bonds is 4. The highest BCUT2D eigenvalue weighted by Gasteiger charge is 2.32. The number of hydrogen-bond acceptors (Lipinski definition) is 4. The zero-order valence-corrected chi connectivity index (χ0v) is 11.8. The van der Waals surface area contributed by atoms with E-state index >= 15 is 0 Å². The van der Waals surface area contributed by atoms with Gasteiger partial charge in [-0.3, -0.25) is 9.78 Å². The van der Waals surface area contributed by atoms with E-state index in [1.54, 1.807) is 18.2 Å². The fourth-order valence-corrected chi connectivity index (χ4v) is 2.48. The number of anilines is 1. The van der Waals surface area contributed by atoms with Crippen molar-refractivity contribution in [1.29, 1.82) is 0 Å². The lowest BCUT2D eigenvalue weighted by atomic mass is 10.1. The highest BCUT2D eigenvalue weighted by Crippen LogP contribution is 2.31. The van der Waals surface area contributed by atoms with E-state index in [-0.39, 0.29) is 12.1 Å². The van der Waals surface area contributed by atoms with Crippen LogP contribution in [0.5, 0.6) is 0 Å². The Morgan fingerprint density at radius 2 is 2.05 bits per heavy atom. The van der Waals surface area contributed by atoms with Crippen molar-refractivity contribution in [3.8, 4) is 0 Å². The van der Waals surface area contributed by atoms with Gasteiger partial charge in [-0.1, -0.05) is 18.2 Å². The standard InChI is InChI=1S/C16H17N3O2/c1-21-11-10-19-15(14-8-4-5-9-17-14)18-13-7-3-2-6-12(13)16(19)20/h2-9,15,18H,10-11H2,1H3. The van der Waals surface area contributed by atoms with E-state index in [1.807, 2.05) is 42.5 Å². The van der Waals surface area contributed by atoms with Crippen molar-refractivity contribution >= 4 is 11.6 Å². The Morgan fingerprint density at radius 1 is 1.24 bits per heavy atom. The second-order valence-electron chi connectivity index (χ2n) is 4.84. The molecule has 0 saturated heterocycles. The van der Waals surface area contributed by atoms with Crippen LogP contribution in [0.1, 0.15) is 22.2 Å². The number of amides is 1. The summed E-state index contributed by atoms with van der Waals surface area (Å²) in [6.45, 7) is 0.997. The maximum Gasteiger partial charge on any atom is 0.257 e. The number of carbonyl (C=O) groups excluding carboxylic acids is 1. The molecule has 0 spiro atoms. The van der Waals surface area contributed by atoms with Crippen molar-refractivity contribution in [3.05, 3.63) is 59.9 Å². The number of nitrogens with one attached hydrogen (secondary N) is 1. The Balaban J connectivity index is 1.99. The largest absolute Gasteiger partial charge is 0.383 e. The first-order valence-electron chi connectivity index (χ1n) is 6.87. The Kier molecular flexibility index (Phi) is 3.83. The van der Waals surface area contributed by atoms with Gasteiger partial charge < -0.3 is 15.0 Å². The molecule has 1 aromatic carbocycles. The maximum atomic E-state index is 12.7. The molecule has 3 rings (SSSR count). The Labute approximate surface area is 123 Å². The molecule has 5 nitrogen and oxygen atoms in total. The summed E-state index contributed by atoms with van der Waals surface area (Å²) in [4.78, 5) is 18.8. The predicted molar refractivity (Wildman–Crippen MR) is 80.0 cm³/mol. The van der Waals surface area contributed by atoms with Crippen molar-refractivity contribution < 1.29 is 9.53 Å². The van der Waals surface area contributed by atoms with Crippen LogP contribution in [-0.2, 0) is 4.74 Å². The summed E-state index contributed by atoms with van der Waals surface area (Å²) >= 11 is 0. The minimum atomic E-state index is -0.274. The van der Waals surface area contributed by atoms with Crippen LogP contribution in [0.3, 0.4) is 0 Å². The molecule has 1 N–H and O–H groups in total. The number of nitrogens with zero attached hydrogens (tertiary/aromatic N) is 2. The third-order valence-corrected chi connectivity index (χ3v) is 3.53. The van der Waals surface area contributed by atoms with Gasteiger partial charge in [0.2, 0.25) is 0 Å². The van der Waals surface area contributed by atoms with Crippen LogP contribution in [0.15, 0.2) is 48.7 Å². The summed E-state index contributed by atoms with van der Waals surface area (Å²) in [5.74, 6) is -0.00273. The van der Waals surface area contributed by atoms with Crippen molar-refractivity contribution in [2.75, 3.05) is 25.6 Å². The molecular formula is C16H17N3O2. The Bertz CT molecular complexity index is 630. The number of pyridine rings is 1. The second-order valence-corrected chi connectivity index (χ2v) is 4.84. The van der Waals surface area contributed by atoms with Gasteiger partial charge in [-0.25, -0.2) is 0 Å². The molecular weight excluding hydrogens is 266 g/mol. The molecule has 0 saturated carbocycles. The molecule has 1 aromatic heterocycles. The molecule has 0 fully saturated rings. The summed E-state index contributed by atoms with van der Waals surface area (Å²) < 4.78 is 5.12. The fraction of sp³-hybridized carbons (Fsp3) is 0.250. The normalized spacial score (nSPS) is 17.3. The number of benzene rings is 1. The van der Waals surface area contributed by atoms with Crippen LogP contribution >= 0.6 is 0 Å². The van der Waals surface area contributed by atoms with Gasteiger partial charge in [-0.2, -0.15) is 0 Å². The number of para-hydroxylation sites is 1. The van der Waals surface area contributed by atoms with Gasteiger partial charge in [0.1, 0.15) is 6.17 Å². The lowest BCUT2D eigenvalue weighted by Gasteiger charge is -2.37. The van der Waals surface area contributed by atoms with Crippen LogP contribution in [0.25, 0.3) is 0 Å². The average molecular weight is 283 g/mol. The predicted octanol–water partition coefficient (Wildman–Crippen LogP) is 2.29. The molecule has 1 atom stereocenters. The van der Waals surface area contributed by atoms with Crippen LogP contribution in [-0.4, -0.2) is 36.1 Å². The topological polar surface area (TPSA) is 54.5 Å². The minimum absolute atomic E-state index is 0.00273. The third kappa shape index (κ3) is 2.60. The SMILES string of the molecule is COCCN1C(=O)c2ccccc2NC1c1ccccn1. The molecule has 1 amide bonds. The molecule has 2 heterocycles. The zero-order chi connectivity index (χ0) is 14.7. The maximum absolute atomic E-state index is 12.7. The summed E-state index contributed by atoms with van der Waals surface area (Å²) in [7, 11) is 1.63. The molecule has 0 bridgehead atoms. The summed E-state index contributed by atoms with van der Waals surface area (Å²) in [6, 6.07) is 13.2. The van der Waals surface area contributed by atoms with Gasteiger partial charge in [0, 0.05) is 25.5 Å². The zero-order valence-electron chi connectivity index (χ0n) is 11.8. The van der Waals surface area contributed by atoms with E-state index in [0.717, 1.165) is 11.4 Å². The van der Waals surface area contributed by atoms with E-state index in [0.29, 0.717) is 18.7 Å². The lowest BCUT2D eigenvalue weighted by Crippen LogP contribution is -2.44. The van der Waals surface area contributed by atoms with E-state index in [4.69, 9.17) is 4.74 Å². The molecule has 108 valence electrons. The van der Waals surface area contributed by atoms with Crippen LogP contribution in [0.4, 0.5) is 5.69 Å². The first-order chi connectivity index (χ1) is 10.3. The molecule has 1 aliphatic rings. The van der Waals surface area contributed by atoms with E-state index in [1.165, 1.54) is 0 Å². The lowest BCUT2D eigenvalue weighted by molar-refractivity contribution is 0.0605. The fourth-order valence-electron chi connectivity index (χ4n) is 2.48. The molecule has 21 heavy (non-hydrogen) atoms. The summed E-state index contributed by atoms with van der Waals surface area (Å²) in [5, 5.41) is 3.39. The van der Waals surface area contributed by atoms with Gasteiger partial charge in [0.25, 0.3) is 5.91 Å². The number of methoxy groups -OCH3 is 1. The van der Waals surface area contributed by atoms with Crippen LogP contribution in [0, 0.1) is 0 Å². The number of fused-ring (bicyclic) bond motifs is 1. The van der Waals surface area contributed by atoms with Gasteiger partial charge in [0.15, 0.2) is 0 Å². The number of ether oxygens (including phenoxy) is 1. The minimum Gasteiger partial charge on any atom is -0.383 e. The molecule has 1 aliphatic heterocycles. The van der Waals surface area contributed by atoms with Crippen molar-refractivity contribution in [2.24, 2.45) is 0 Å². The molecule has 5 heteroatoms. The number of aromatic nitrogens is 1. The Morgan fingerprint density at radius 3 is 2.81 bits per heavy atom. The third-order valence-electron chi connectivity index (χ3n) is 3.53. The second kappa shape index (κ2) is 5.93. The highest BCUT2D eigenvalue weighted by atomic mass is 16.5. The average Bonchev–Trinajstić information content (AvgIpc) is 2.55. The monoisotopic (exact) mass is 283 g/mol. The molecule has 0 radical (unpaired) electrons. The van der Waals surface area contributed by atoms with Crippen LogP contribution in [0.2, 0.25) is 0 Å². The summed E-state index contributed by atoms with van der Waals surface area (Å²) in [5.41, 5.74) is 2.34. The van der Waals surface area contributed by atoms with Crippen molar-refractivity contribution in [3.63, 3.8) is 0 Å². The Hall–Kier alpha value is -2.40. The van der Waals surface area contributed by atoms with Gasteiger partial charge >= 0.3 is 0 Å². The van der Waals surface area contributed by atoms with Crippen molar-refractivity contribution in [1.82, 2.24) is 9.88 Å². The molecule has 0 aliphatic carbocycles. The van der Waals surface area contributed by atoms with Crippen molar-refractivity contribution in [2.45, 2.75) is 6.17 Å².